The van der Waals surface area contributed by atoms with Gasteiger partial charge in [-0.2, -0.15) is 5.10 Å². The second kappa shape index (κ2) is 5.88. The van der Waals surface area contributed by atoms with E-state index in [9.17, 15) is 9.59 Å². The lowest BCUT2D eigenvalue weighted by Gasteiger charge is -2.13. The highest BCUT2D eigenvalue weighted by atomic mass is 32.1. The average Bonchev–Trinajstić information content (AvgIpc) is 3.02. The Balaban J connectivity index is 1.67. The Kier molecular flexibility index (Phi) is 3.94. The molecule has 0 radical (unpaired) electrons. The fourth-order valence-electron chi connectivity index (χ4n) is 2.58. The molecule has 0 spiro atoms. The number of benzene rings is 1. The van der Waals surface area contributed by atoms with E-state index in [1.807, 2.05) is 19.1 Å². The summed E-state index contributed by atoms with van der Waals surface area (Å²) in [5.41, 5.74) is 1.74. The lowest BCUT2D eigenvalue weighted by atomic mass is 10.1. The van der Waals surface area contributed by atoms with Crippen LogP contribution >= 0.6 is 11.3 Å². The fourth-order valence-corrected chi connectivity index (χ4v) is 3.63. The second-order valence-electron chi connectivity index (χ2n) is 5.41. The Bertz CT molecular complexity index is 766. The Labute approximate surface area is 132 Å². The van der Waals surface area contributed by atoms with Gasteiger partial charge in [0.05, 0.1) is 24.6 Å². The summed E-state index contributed by atoms with van der Waals surface area (Å²) in [6.45, 7) is 1.97. The summed E-state index contributed by atoms with van der Waals surface area (Å²) in [7, 11) is 1.60. The molecule has 1 N–H and O–H groups in total. The highest BCUT2D eigenvalue weighted by Gasteiger charge is 2.23. The number of hydrazone groups is 1. The molecule has 2 heterocycles. The van der Waals surface area contributed by atoms with Crippen molar-refractivity contribution in [2.45, 2.75) is 25.8 Å². The molecule has 0 saturated heterocycles. The lowest BCUT2D eigenvalue weighted by molar-refractivity contribution is -0.127. The molecule has 0 saturated carbocycles. The van der Waals surface area contributed by atoms with Gasteiger partial charge in [-0.1, -0.05) is 18.2 Å². The standard InChI is InChI=1S/C16H17N3O2S/c1-10(13-9-22-14-6-4-3-5-12(13)14)17-15(20)7-11-8-16(21)19(2)18-11/h3-6,9-10H,7-8H2,1-2H3,(H,17,20)/t10-/m0/s1. The Hall–Kier alpha value is -2.21. The summed E-state index contributed by atoms with van der Waals surface area (Å²) in [6.07, 6.45) is 0.405. The molecule has 6 heteroatoms. The van der Waals surface area contributed by atoms with Crippen molar-refractivity contribution in [3.63, 3.8) is 0 Å². The van der Waals surface area contributed by atoms with E-state index in [0.29, 0.717) is 5.71 Å². The van der Waals surface area contributed by atoms with Gasteiger partial charge in [0, 0.05) is 11.7 Å². The molecule has 0 fully saturated rings. The van der Waals surface area contributed by atoms with Gasteiger partial charge < -0.3 is 5.32 Å². The predicted molar refractivity (Wildman–Crippen MR) is 87.8 cm³/mol. The molecule has 5 nitrogen and oxygen atoms in total. The minimum atomic E-state index is -0.107. The molecule has 1 aromatic carbocycles. The smallest absolute Gasteiger partial charge is 0.248 e. The molecule has 22 heavy (non-hydrogen) atoms. The second-order valence-corrected chi connectivity index (χ2v) is 6.32. The van der Waals surface area contributed by atoms with E-state index in [0.717, 1.165) is 5.56 Å². The van der Waals surface area contributed by atoms with Crippen molar-refractivity contribution in [2.24, 2.45) is 5.10 Å². The number of amides is 2. The third-order valence-corrected chi connectivity index (χ3v) is 4.71. The number of hydrogen-bond donors (Lipinski definition) is 1. The van der Waals surface area contributed by atoms with Gasteiger partial charge in [0.15, 0.2) is 0 Å². The monoisotopic (exact) mass is 315 g/mol. The zero-order valence-electron chi connectivity index (χ0n) is 12.5. The highest BCUT2D eigenvalue weighted by molar-refractivity contribution is 7.17. The number of nitrogens with one attached hydrogen (secondary N) is 1. The van der Waals surface area contributed by atoms with Gasteiger partial charge in [-0.25, -0.2) is 5.01 Å². The van der Waals surface area contributed by atoms with Crippen molar-refractivity contribution in [2.75, 3.05) is 7.05 Å². The molecule has 2 aromatic rings. The van der Waals surface area contributed by atoms with Crippen LogP contribution in [-0.2, 0) is 9.59 Å². The molecule has 1 atom stereocenters. The van der Waals surface area contributed by atoms with Gasteiger partial charge >= 0.3 is 0 Å². The van der Waals surface area contributed by atoms with Crippen molar-refractivity contribution >= 4 is 38.9 Å². The summed E-state index contributed by atoms with van der Waals surface area (Å²) in [5, 5.41) is 11.6. The molecule has 1 aliphatic rings. The van der Waals surface area contributed by atoms with E-state index in [2.05, 4.69) is 27.9 Å². The Morgan fingerprint density at radius 2 is 2.23 bits per heavy atom. The number of nitrogens with zero attached hydrogens (tertiary/aromatic N) is 2. The predicted octanol–water partition coefficient (Wildman–Crippen LogP) is 2.69. The van der Waals surface area contributed by atoms with Crippen LogP contribution < -0.4 is 5.32 Å². The molecule has 114 valence electrons. The van der Waals surface area contributed by atoms with Crippen LogP contribution in [0.2, 0.25) is 0 Å². The molecular weight excluding hydrogens is 298 g/mol. The van der Waals surface area contributed by atoms with Gasteiger partial charge in [-0.05, 0) is 29.3 Å². The van der Waals surface area contributed by atoms with Crippen molar-refractivity contribution < 1.29 is 9.59 Å². The largest absolute Gasteiger partial charge is 0.349 e. The maximum absolute atomic E-state index is 12.1. The Morgan fingerprint density at radius 3 is 2.95 bits per heavy atom. The summed E-state index contributed by atoms with van der Waals surface area (Å²) >= 11 is 1.68. The third-order valence-electron chi connectivity index (χ3n) is 3.73. The SMILES string of the molecule is C[C@H](NC(=O)CC1=NN(C)C(=O)C1)c1csc2ccccc12. The number of carbonyl (C=O) groups excluding carboxylic acids is 2. The molecule has 3 rings (SSSR count). The fraction of sp³-hybridized carbons (Fsp3) is 0.312. The zero-order valence-corrected chi connectivity index (χ0v) is 13.3. The molecule has 2 amide bonds. The van der Waals surface area contributed by atoms with Crippen molar-refractivity contribution in [1.29, 1.82) is 0 Å². The minimum absolute atomic E-state index is 0.0697. The van der Waals surface area contributed by atoms with Gasteiger partial charge in [0.1, 0.15) is 0 Å². The van der Waals surface area contributed by atoms with E-state index in [1.54, 1.807) is 18.4 Å². The summed E-state index contributed by atoms with van der Waals surface area (Å²) in [6, 6.07) is 8.09. The van der Waals surface area contributed by atoms with E-state index >= 15 is 0 Å². The van der Waals surface area contributed by atoms with Crippen LogP contribution in [0.4, 0.5) is 0 Å². The van der Waals surface area contributed by atoms with Gasteiger partial charge in [-0.3, -0.25) is 9.59 Å². The number of hydrogen-bond acceptors (Lipinski definition) is 4. The van der Waals surface area contributed by atoms with Crippen molar-refractivity contribution in [3.05, 3.63) is 35.2 Å². The van der Waals surface area contributed by atoms with E-state index < -0.39 is 0 Å². The third kappa shape index (κ3) is 2.87. The van der Waals surface area contributed by atoms with Crippen LogP contribution in [0.25, 0.3) is 10.1 Å². The molecular formula is C16H17N3O2S. The molecule has 0 aliphatic carbocycles. The zero-order chi connectivity index (χ0) is 15.7. The number of carbonyl (C=O) groups is 2. The summed E-state index contributed by atoms with van der Waals surface area (Å²) in [4.78, 5) is 23.5. The first-order chi connectivity index (χ1) is 10.5. The van der Waals surface area contributed by atoms with Crippen LogP contribution in [0.3, 0.4) is 0 Å². The first-order valence-corrected chi connectivity index (χ1v) is 8.01. The van der Waals surface area contributed by atoms with Gasteiger partial charge in [-0.15, -0.1) is 11.3 Å². The maximum Gasteiger partial charge on any atom is 0.248 e. The number of rotatable bonds is 4. The van der Waals surface area contributed by atoms with Crippen molar-refractivity contribution in [3.8, 4) is 0 Å². The van der Waals surface area contributed by atoms with Crippen LogP contribution in [-0.4, -0.2) is 29.6 Å². The molecule has 0 unspecified atom stereocenters. The molecule has 1 aliphatic heterocycles. The van der Waals surface area contributed by atoms with E-state index in [4.69, 9.17) is 0 Å². The number of fused-ring (bicyclic) bond motifs is 1. The quantitative estimate of drug-likeness (QED) is 0.943. The van der Waals surface area contributed by atoms with E-state index in [-0.39, 0.29) is 30.7 Å². The van der Waals surface area contributed by atoms with Crippen molar-refractivity contribution in [1.82, 2.24) is 10.3 Å². The van der Waals surface area contributed by atoms with Gasteiger partial charge in [0.25, 0.3) is 0 Å². The van der Waals surface area contributed by atoms with Gasteiger partial charge in [0.2, 0.25) is 11.8 Å². The molecule has 1 aromatic heterocycles. The van der Waals surface area contributed by atoms with Crippen LogP contribution in [0.15, 0.2) is 34.7 Å². The van der Waals surface area contributed by atoms with Crippen LogP contribution in [0.5, 0.6) is 0 Å². The first-order valence-electron chi connectivity index (χ1n) is 7.13. The topological polar surface area (TPSA) is 61.8 Å². The average molecular weight is 315 g/mol. The van der Waals surface area contributed by atoms with Crippen LogP contribution in [0.1, 0.15) is 31.4 Å². The number of thiophene rings is 1. The first kappa shape index (κ1) is 14.7. The summed E-state index contributed by atoms with van der Waals surface area (Å²) in [5.74, 6) is -0.177. The molecule has 0 bridgehead atoms. The van der Waals surface area contributed by atoms with Crippen LogP contribution in [0, 0.1) is 0 Å². The lowest BCUT2D eigenvalue weighted by Crippen LogP contribution is -2.28. The highest BCUT2D eigenvalue weighted by Crippen LogP contribution is 2.30. The van der Waals surface area contributed by atoms with E-state index in [1.165, 1.54) is 15.1 Å². The maximum atomic E-state index is 12.1. The normalized spacial score (nSPS) is 16.0. The Morgan fingerprint density at radius 1 is 1.45 bits per heavy atom. The minimum Gasteiger partial charge on any atom is -0.349 e. The summed E-state index contributed by atoms with van der Waals surface area (Å²) < 4.78 is 1.21.